The molecule has 1 fully saturated rings. The van der Waals surface area contributed by atoms with Gasteiger partial charge in [-0.25, -0.2) is 0 Å². The molecule has 1 aliphatic rings. The van der Waals surface area contributed by atoms with Crippen LogP contribution in [-0.4, -0.2) is 32.3 Å². The smallest absolute Gasteiger partial charge is 0.155 e. The highest BCUT2D eigenvalue weighted by molar-refractivity contribution is 5.78. The van der Waals surface area contributed by atoms with Crippen LogP contribution in [0, 0.1) is 0 Å². The summed E-state index contributed by atoms with van der Waals surface area (Å²) in [7, 11) is 1.53. The number of oxime groups is 1. The van der Waals surface area contributed by atoms with Crippen molar-refractivity contribution >= 4 is 5.71 Å². The van der Waals surface area contributed by atoms with Crippen molar-refractivity contribution in [2.75, 3.05) is 20.3 Å². The summed E-state index contributed by atoms with van der Waals surface area (Å²) >= 11 is 0. The summed E-state index contributed by atoms with van der Waals surface area (Å²) in [6.45, 7) is 7.18. The van der Waals surface area contributed by atoms with E-state index in [1.807, 2.05) is 20.8 Å². The van der Waals surface area contributed by atoms with Gasteiger partial charge in [0.25, 0.3) is 0 Å². The van der Waals surface area contributed by atoms with E-state index in [0.29, 0.717) is 0 Å². The van der Waals surface area contributed by atoms with Gasteiger partial charge in [0.1, 0.15) is 7.11 Å². The minimum Gasteiger partial charge on any atom is -0.399 e. The van der Waals surface area contributed by atoms with Crippen molar-refractivity contribution in [3.63, 3.8) is 0 Å². The summed E-state index contributed by atoms with van der Waals surface area (Å²) < 4.78 is 9.86. The Morgan fingerprint density at radius 1 is 1.33 bits per heavy atom. The molecule has 0 radical (unpaired) electrons. The van der Waals surface area contributed by atoms with Gasteiger partial charge in [0, 0.05) is 0 Å². The van der Waals surface area contributed by atoms with Gasteiger partial charge in [0.2, 0.25) is 0 Å². The largest absolute Gasteiger partial charge is 0.399 e. The monoisotopic (exact) mass is 175 g/mol. The molecular formula is C8H17NO3. The molecule has 0 aromatic carbocycles. The van der Waals surface area contributed by atoms with Crippen LogP contribution in [0.15, 0.2) is 5.16 Å². The second-order valence-corrected chi connectivity index (χ2v) is 2.53. The summed E-state index contributed by atoms with van der Waals surface area (Å²) in [6, 6.07) is 0. The molecule has 0 N–H and O–H groups in total. The Morgan fingerprint density at radius 3 is 1.92 bits per heavy atom. The third-order valence-electron chi connectivity index (χ3n) is 1.06. The van der Waals surface area contributed by atoms with Crippen molar-refractivity contribution < 1.29 is 14.3 Å². The molecule has 0 unspecified atom stereocenters. The Labute approximate surface area is 73.5 Å². The van der Waals surface area contributed by atoms with Crippen molar-refractivity contribution in [2.45, 2.75) is 27.1 Å². The maximum Gasteiger partial charge on any atom is 0.155 e. The van der Waals surface area contributed by atoms with Crippen LogP contribution in [-0.2, 0) is 14.3 Å². The van der Waals surface area contributed by atoms with Crippen LogP contribution in [0.1, 0.15) is 20.8 Å². The van der Waals surface area contributed by atoms with Crippen LogP contribution in [0.4, 0.5) is 0 Å². The Morgan fingerprint density at radius 2 is 1.83 bits per heavy atom. The number of hydrogen-bond acceptors (Lipinski definition) is 4. The molecule has 4 heteroatoms. The van der Waals surface area contributed by atoms with Crippen molar-refractivity contribution in [3.8, 4) is 0 Å². The van der Waals surface area contributed by atoms with E-state index in [1.165, 1.54) is 7.11 Å². The van der Waals surface area contributed by atoms with E-state index in [0.717, 1.165) is 18.9 Å². The molecule has 1 heterocycles. The topological polar surface area (TPSA) is 40.0 Å². The fraction of sp³-hybridized carbons (Fsp3) is 0.875. The summed E-state index contributed by atoms with van der Waals surface area (Å²) in [5.74, 6) is 0. The minimum atomic E-state index is 0.0463. The molecule has 1 rings (SSSR count). The number of nitrogens with zero attached hydrogens (tertiary/aromatic N) is 1. The van der Waals surface area contributed by atoms with Crippen LogP contribution in [0.3, 0.4) is 0 Å². The fourth-order valence-corrected chi connectivity index (χ4v) is 0.659. The van der Waals surface area contributed by atoms with E-state index < -0.39 is 0 Å². The predicted molar refractivity (Wildman–Crippen MR) is 47.2 cm³/mol. The van der Waals surface area contributed by atoms with Crippen LogP contribution >= 0.6 is 0 Å². The number of hydrogen-bond donors (Lipinski definition) is 0. The first-order valence-corrected chi connectivity index (χ1v) is 3.94. The lowest BCUT2D eigenvalue weighted by molar-refractivity contribution is -0.0254. The third kappa shape index (κ3) is 7.50. The second kappa shape index (κ2) is 7.06. The van der Waals surface area contributed by atoms with Crippen LogP contribution < -0.4 is 0 Å². The molecule has 72 valence electrons. The highest BCUT2D eigenvalue weighted by atomic mass is 16.7. The van der Waals surface area contributed by atoms with E-state index in [4.69, 9.17) is 9.47 Å². The van der Waals surface area contributed by atoms with Gasteiger partial charge in [-0.3, -0.25) is 0 Å². The molecule has 12 heavy (non-hydrogen) atoms. The van der Waals surface area contributed by atoms with Crippen LogP contribution in [0.25, 0.3) is 0 Å². The average Bonchev–Trinajstić information content (AvgIpc) is 2.40. The Kier molecular flexibility index (Phi) is 6.70. The standard InChI is InChI=1S/C4H9NO.C4H8O2/c1-4(2)5-6-3;1-4-5-2-3-6-4/h1-3H3;4H,2-3H2,1H3. The Hall–Kier alpha value is -0.610. The van der Waals surface area contributed by atoms with Gasteiger partial charge in [-0.15, -0.1) is 0 Å². The van der Waals surface area contributed by atoms with E-state index >= 15 is 0 Å². The van der Waals surface area contributed by atoms with E-state index in [2.05, 4.69) is 9.99 Å². The lowest BCUT2D eigenvalue weighted by atomic mass is 10.5. The van der Waals surface area contributed by atoms with E-state index in [-0.39, 0.29) is 6.29 Å². The number of ether oxygens (including phenoxy) is 2. The van der Waals surface area contributed by atoms with E-state index in [1.54, 1.807) is 0 Å². The van der Waals surface area contributed by atoms with Gasteiger partial charge < -0.3 is 14.3 Å². The van der Waals surface area contributed by atoms with Crippen molar-refractivity contribution in [1.29, 1.82) is 0 Å². The zero-order valence-corrected chi connectivity index (χ0v) is 8.16. The first-order valence-electron chi connectivity index (χ1n) is 3.94. The molecule has 0 aliphatic carbocycles. The molecule has 1 aliphatic heterocycles. The maximum atomic E-state index is 4.93. The molecule has 0 atom stereocenters. The van der Waals surface area contributed by atoms with Crippen molar-refractivity contribution in [1.82, 2.24) is 0 Å². The first kappa shape index (κ1) is 11.4. The Balaban J connectivity index is 0.000000202. The molecule has 0 aromatic rings. The van der Waals surface area contributed by atoms with Gasteiger partial charge in [-0.1, -0.05) is 5.16 Å². The zero-order chi connectivity index (χ0) is 9.40. The Bertz CT molecular complexity index is 126. The highest BCUT2D eigenvalue weighted by Crippen LogP contribution is 1.99. The van der Waals surface area contributed by atoms with Gasteiger partial charge in [-0.05, 0) is 20.8 Å². The molecule has 0 spiro atoms. The normalized spacial score (nSPS) is 16.3. The SMILES string of the molecule is CC1OCCO1.CON=C(C)C. The van der Waals surface area contributed by atoms with Gasteiger partial charge >= 0.3 is 0 Å². The quantitative estimate of drug-likeness (QED) is 0.447. The molecule has 0 aromatic heterocycles. The van der Waals surface area contributed by atoms with E-state index in [9.17, 15) is 0 Å². The molecule has 0 amide bonds. The van der Waals surface area contributed by atoms with Gasteiger partial charge in [0.05, 0.1) is 18.9 Å². The van der Waals surface area contributed by atoms with Crippen LogP contribution in [0.5, 0.6) is 0 Å². The molecule has 1 saturated heterocycles. The summed E-state index contributed by atoms with van der Waals surface area (Å²) in [5.41, 5.74) is 0.942. The van der Waals surface area contributed by atoms with Gasteiger partial charge in [0.15, 0.2) is 6.29 Å². The summed E-state index contributed by atoms with van der Waals surface area (Å²) in [6.07, 6.45) is 0.0463. The number of rotatable bonds is 1. The maximum absolute atomic E-state index is 4.93. The molecule has 0 saturated carbocycles. The minimum absolute atomic E-state index is 0.0463. The molecule has 4 nitrogen and oxygen atoms in total. The third-order valence-corrected chi connectivity index (χ3v) is 1.06. The first-order chi connectivity index (χ1) is 5.66. The average molecular weight is 175 g/mol. The fourth-order valence-electron chi connectivity index (χ4n) is 0.659. The summed E-state index contributed by atoms with van der Waals surface area (Å²) in [4.78, 5) is 4.39. The molecular weight excluding hydrogens is 158 g/mol. The predicted octanol–water partition coefficient (Wildman–Crippen LogP) is 1.41. The second-order valence-electron chi connectivity index (χ2n) is 2.53. The zero-order valence-electron chi connectivity index (χ0n) is 8.16. The summed E-state index contributed by atoms with van der Waals surface area (Å²) in [5, 5.41) is 3.54. The lowest BCUT2D eigenvalue weighted by Crippen LogP contribution is -1.97. The van der Waals surface area contributed by atoms with Crippen molar-refractivity contribution in [2.24, 2.45) is 5.16 Å². The highest BCUT2D eigenvalue weighted by Gasteiger charge is 2.07. The van der Waals surface area contributed by atoms with Crippen LogP contribution in [0.2, 0.25) is 0 Å². The van der Waals surface area contributed by atoms with Gasteiger partial charge in [-0.2, -0.15) is 0 Å². The van der Waals surface area contributed by atoms with Crippen molar-refractivity contribution in [3.05, 3.63) is 0 Å². The lowest BCUT2D eigenvalue weighted by Gasteiger charge is -1.94. The molecule has 0 bridgehead atoms.